The second-order valence-corrected chi connectivity index (χ2v) is 9.30. The fraction of sp³-hybridized carbons (Fsp3) is 0.462. The van der Waals surface area contributed by atoms with E-state index in [1.807, 2.05) is 6.07 Å². The number of hydrogen-bond donors (Lipinski definition) is 0. The van der Waals surface area contributed by atoms with Gasteiger partial charge in [0, 0.05) is 36.9 Å². The first-order valence-corrected chi connectivity index (χ1v) is 11.7. The molecule has 0 radical (unpaired) electrons. The molecule has 0 amide bonds. The van der Waals surface area contributed by atoms with Crippen LogP contribution in [-0.4, -0.2) is 51.3 Å². The molecule has 5 heteroatoms. The Hall–Kier alpha value is -2.50. The molecule has 3 aromatic rings. The Labute approximate surface area is 184 Å². The van der Waals surface area contributed by atoms with Gasteiger partial charge in [-0.25, -0.2) is 0 Å². The second kappa shape index (κ2) is 8.56. The van der Waals surface area contributed by atoms with Crippen molar-refractivity contribution in [3.05, 3.63) is 70.6 Å². The van der Waals surface area contributed by atoms with E-state index in [0.29, 0.717) is 18.1 Å². The summed E-state index contributed by atoms with van der Waals surface area (Å²) >= 11 is 0. The van der Waals surface area contributed by atoms with Gasteiger partial charge in [-0.3, -0.25) is 14.6 Å². The Morgan fingerprint density at radius 3 is 2.48 bits per heavy atom. The minimum Gasteiger partial charge on any atom is -0.299 e. The van der Waals surface area contributed by atoms with E-state index in [0.717, 1.165) is 17.6 Å². The Morgan fingerprint density at radius 1 is 0.968 bits per heavy atom. The monoisotopic (exact) mass is 416 g/mol. The summed E-state index contributed by atoms with van der Waals surface area (Å²) < 4.78 is 1.46. The summed E-state index contributed by atoms with van der Waals surface area (Å²) in [5.74, 6) is 0. The van der Waals surface area contributed by atoms with Gasteiger partial charge >= 0.3 is 0 Å². The zero-order valence-corrected chi connectivity index (χ0v) is 18.6. The van der Waals surface area contributed by atoms with Gasteiger partial charge in [0.2, 0.25) is 0 Å². The van der Waals surface area contributed by atoms with Gasteiger partial charge in [-0.05, 0) is 93.2 Å². The third kappa shape index (κ3) is 4.04. The largest absolute Gasteiger partial charge is 0.299 e. The highest BCUT2D eigenvalue weighted by molar-refractivity contribution is 5.85. The molecule has 0 N–H and O–H groups in total. The Bertz CT molecular complexity index is 1120. The number of nitrogens with zero attached hydrogens (tertiary/aromatic N) is 4. The van der Waals surface area contributed by atoms with Gasteiger partial charge in [-0.15, -0.1) is 0 Å². The quantitative estimate of drug-likeness (QED) is 0.618. The molecular formula is C26H32N4O. The van der Waals surface area contributed by atoms with Crippen molar-refractivity contribution < 1.29 is 0 Å². The number of likely N-dealkylation sites (tertiary alicyclic amines) is 2. The third-order valence-electron chi connectivity index (χ3n) is 7.30. The lowest BCUT2D eigenvalue weighted by Crippen LogP contribution is -2.40. The number of benzene rings is 2. The molecule has 5 rings (SSSR count). The molecule has 2 fully saturated rings. The minimum absolute atomic E-state index is 0.110. The SMILES string of the molecule is C[C@H]1CCCN1CC(c1ccc2cc(-n3ncccc3=O)ccc2c1)N1CCC[C@@H]1C. The maximum Gasteiger partial charge on any atom is 0.271 e. The van der Waals surface area contributed by atoms with Crippen molar-refractivity contribution in [1.82, 2.24) is 19.6 Å². The zero-order chi connectivity index (χ0) is 21.4. The first-order chi connectivity index (χ1) is 15.1. The van der Waals surface area contributed by atoms with E-state index in [9.17, 15) is 4.79 Å². The highest BCUT2D eigenvalue weighted by Gasteiger charge is 2.32. The van der Waals surface area contributed by atoms with E-state index in [2.05, 4.69) is 59.1 Å². The van der Waals surface area contributed by atoms with Crippen LogP contribution in [0.5, 0.6) is 0 Å². The highest BCUT2D eigenvalue weighted by Crippen LogP contribution is 2.33. The fourth-order valence-corrected chi connectivity index (χ4v) is 5.45. The molecule has 0 aliphatic carbocycles. The lowest BCUT2D eigenvalue weighted by molar-refractivity contribution is 0.129. The van der Waals surface area contributed by atoms with Crippen LogP contribution in [0.15, 0.2) is 59.5 Å². The van der Waals surface area contributed by atoms with E-state index in [4.69, 9.17) is 0 Å². The molecular weight excluding hydrogens is 384 g/mol. The van der Waals surface area contributed by atoms with Crippen LogP contribution >= 0.6 is 0 Å². The van der Waals surface area contributed by atoms with Gasteiger partial charge in [-0.1, -0.05) is 18.2 Å². The predicted octanol–water partition coefficient (Wildman–Crippen LogP) is 4.40. The average Bonchev–Trinajstić information content (AvgIpc) is 3.39. The fourth-order valence-electron chi connectivity index (χ4n) is 5.45. The lowest BCUT2D eigenvalue weighted by Gasteiger charge is -2.36. The van der Waals surface area contributed by atoms with Crippen molar-refractivity contribution >= 4 is 10.8 Å². The first-order valence-electron chi connectivity index (χ1n) is 11.7. The molecule has 2 aromatic carbocycles. The minimum atomic E-state index is -0.110. The van der Waals surface area contributed by atoms with Gasteiger partial charge in [0.25, 0.3) is 5.56 Å². The van der Waals surface area contributed by atoms with Gasteiger partial charge in [0.15, 0.2) is 0 Å². The molecule has 2 aliphatic heterocycles. The summed E-state index contributed by atoms with van der Waals surface area (Å²) in [5, 5.41) is 6.58. The molecule has 3 heterocycles. The standard InChI is InChI=1S/C26H32N4O/c1-19-6-4-14-28(19)18-25(29-15-5-7-20(29)2)23-10-9-22-17-24(12-11-21(22)16-23)30-26(31)8-3-13-27-30/h3,8-13,16-17,19-20,25H,4-7,14-15,18H2,1-2H3/t19-,20-,25?/m0/s1. The normalized spacial score (nSPS) is 23.5. The summed E-state index contributed by atoms with van der Waals surface area (Å²) in [6, 6.07) is 18.0. The van der Waals surface area contributed by atoms with Crippen molar-refractivity contribution in [2.45, 2.75) is 57.7 Å². The smallest absolute Gasteiger partial charge is 0.271 e. The summed E-state index contributed by atoms with van der Waals surface area (Å²) in [5.41, 5.74) is 2.10. The number of rotatable bonds is 5. The molecule has 0 saturated carbocycles. The van der Waals surface area contributed by atoms with Crippen molar-refractivity contribution in [1.29, 1.82) is 0 Å². The van der Waals surface area contributed by atoms with Crippen molar-refractivity contribution in [2.24, 2.45) is 0 Å². The topological polar surface area (TPSA) is 41.4 Å². The molecule has 3 atom stereocenters. The maximum absolute atomic E-state index is 12.2. The van der Waals surface area contributed by atoms with Gasteiger partial charge < -0.3 is 0 Å². The van der Waals surface area contributed by atoms with Crippen LogP contribution in [0.1, 0.15) is 51.1 Å². The van der Waals surface area contributed by atoms with Crippen molar-refractivity contribution in [3.8, 4) is 5.69 Å². The van der Waals surface area contributed by atoms with Crippen molar-refractivity contribution in [2.75, 3.05) is 19.6 Å². The number of aromatic nitrogens is 2. The lowest BCUT2D eigenvalue weighted by atomic mass is 9.99. The van der Waals surface area contributed by atoms with E-state index in [1.54, 1.807) is 18.3 Å². The molecule has 2 aliphatic rings. The van der Waals surface area contributed by atoms with Crippen LogP contribution in [0, 0.1) is 0 Å². The zero-order valence-electron chi connectivity index (χ0n) is 18.6. The Kier molecular flexibility index (Phi) is 5.63. The average molecular weight is 417 g/mol. The van der Waals surface area contributed by atoms with Gasteiger partial charge in [0.05, 0.1) is 5.69 Å². The Balaban J connectivity index is 1.49. The Morgan fingerprint density at radius 2 is 1.74 bits per heavy atom. The summed E-state index contributed by atoms with van der Waals surface area (Å²) in [6.45, 7) is 8.27. The van der Waals surface area contributed by atoms with Gasteiger partial charge in [-0.2, -0.15) is 9.78 Å². The van der Waals surface area contributed by atoms with Crippen LogP contribution in [0.3, 0.4) is 0 Å². The third-order valence-corrected chi connectivity index (χ3v) is 7.30. The molecule has 31 heavy (non-hydrogen) atoms. The van der Waals surface area contributed by atoms with E-state index in [-0.39, 0.29) is 5.56 Å². The van der Waals surface area contributed by atoms with Crippen LogP contribution < -0.4 is 5.56 Å². The number of hydrogen-bond acceptors (Lipinski definition) is 4. The molecule has 1 unspecified atom stereocenters. The van der Waals surface area contributed by atoms with Crippen LogP contribution in [0.2, 0.25) is 0 Å². The van der Waals surface area contributed by atoms with Crippen LogP contribution in [0.25, 0.3) is 16.5 Å². The second-order valence-electron chi connectivity index (χ2n) is 9.30. The van der Waals surface area contributed by atoms with E-state index < -0.39 is 0 Å². The maximum atomic E-state index is 12.2. The summed E-state index contributed by atoms with van der Waals surface area (Å²) in [4.78, 5) is 17.6. The van der Waals surface area contributed by atoms with E-state index in [1.165, 1.54) is 54.4 Å². The highest BCUT2D eigenvalue weighted by atomic mass is 16.1. The van der Waals surface area contributed by atoms with Crippen molar-refractivity contribution in [3.63, 3.8) is 0 Å². The van der Waals surface area contributed by atoms with Gasteiger partial charge in [0.1, 0.15) is 0 Å². The molecule has 2 saturated heterocycles. The summed E-state index contributed by atoms with van der Waals surface area (Å²) in [6.07, 6.45) is 6.87. The molecule has 5 nitrogen and oxygen atoms in total. The summed E-state index contributed by atoms with van der Waals surface area (Å²) in [7, 11) is 0. The molecule has 1 aromatic heterocycles. The van der Waals surface area contributed by atoms with E-state index >= 15 is 0 Å². The van der Waals surface area contributed by atoms with Crippen LogP contribution in [0.4, 0.5) is 0 Å². The molecule has 162 valence electrons. The molecule has 0 spiro atoms. The first kappa shape index (κ1) is 20.4. The predicted molar refractivity (Wildman–Crippen MR) is 126 cm³/mol. The number of fused-ring (bicyclic) bond motifs is 1. The molecule has 0 bridgehead atoms. The van der Waals surface area contributed by atoms with Crippen LogP contribution in [-0.2, 0) is 0 Å².